The van der Waals surface area contributed by atoms with Crippen molar-refractivity contribution in [2.45, 2.75) is 0 Å². The van der Waals surface area contributed by atoms with Crippen LogP contribution < -0.4 is 20.1 Å². The van der Waals surface area contributed by atoms with Gasteiger partial charge in [0, 0.05) is 31.5 Å². The van der Waals surface area contributed by atoms with Crippen LogP contribution in [-0.4, -0.2) is 49.4 Å². The van der Waals surface area contributed by atoms with Crippen molar-refractivity contribution in [3.63, 3.8) is 0 Å². The van der Waals surface area contributed by atoms with Gasteiger partial charge in [0.2, 0.25) is 0 Å². The third-order valence-electron chi connectivity index (χ3n) is 3.31. The fourth-order valence-corrected chi connectivity index (χ4v) is 2.18. The van der Waals surface area contributed by atoms with Crippen molar-refractivity contribution in [3.8, 4) is 11.5 Å². The van der Waals surface area contributed by atoms with E-state index in [1.165, 1.54) is 6.33 Å². The zero-order chi connectivity index (χ0) is 16.8. The third-order valence-corrected chi connectivity index (χ3v) is 3.31. The number of methoxy groups -OCH3 is 1. The van der Waals surface area contributed by atoms with Crippen LogP contribution in [0.2, 0.25) is 0 Å². The molecule has 3 rings (SSSR count). The molecule has 2 aromatic rings. The van der Waals surface area contributed by atoms with E-state index in [2.05, 4.69) is 20.6 Å². The normalized spacial score (nSPS) is 12.5. The number of ether oxygens (including phenoxy) is 3. The van der Waals surface area contributed by atoms with Gasteiger partial charge in [-0.15, -0.1) is 0 Å². The summed E-state index contributed by atoms with van der Waals surface area (Å²) in [6.07, 6.45) is 1.34. The largest absolute Gasteiger partial charge is 0.486 e. The summed E-state index contributed by atoms with van der Waals surface area (Å²) < 4.78 is 15.9. The summed E-state index contributed by atoms with van der Waals surface area (Å²) >= 11 is 0. The van der Waals surface area contributed by atoms with Crippen LogP contribution in [0.25, 0.3) is 0 Å². The number of carbonyl (C=O) groups excluding carboxylic acids is 1. The first-order valence-electron chi connectivity index (χ1n) is 7.52. The Labute approximate surface area is 139 Å². The highest BCUT2D eigenvalue weighted by molar-refractivity contribution is 6.03. The van der Waals surface area contributed by atoms with Gasteiger partial charge in [-0.05, 0) is 12.1 Å². The van der Waals surface area contributed by atoms with Crippen molar-refractivity contribution in [2.75, 3.05) is 44.1 Å². The Balaban J connectivity index is 1.67. The molecule has 0 aliphatic carbocycles. The molecule has 1 aliphatic rings. The molecule has 8 nitrogen and oxygen atoms in total. The summed E-state index contributed by atoms with van der Waals surface area (Å²) in [5.41, 5.74) is 0.872. The Hall–Kier alpha value is -2.87. The minimum Gasteiger partial charge on any atom is -0.486 e. The maximum absolute atomic E-state index is 12.3. The molecule has 1 amide bonds. The standard InChI is InChI=1S/C16H18N4O4/c1-22-5-4-17-15-9-12(18-10-19-15)16(21)20-11-2-3-13-14(8-11)24-7-6-23-13/h2-3,8-10H,4-7H2,1H3,(H,20,21)(H,17,18,19). The highest BCUT2D eigenvalue weighted by Crippen LogP contribution is 2.32. The first-order chi connectivity index (χ1) is 11.8. The van der Waals surface area contributed by atoms with Gasteiger partial charge in [0.05, 0.1) is 6.61 Å². The van der Waals surface area contributed by atoms with Crippen molar-refractivity contribution in [1.82, 2.24) is 9.97 Å². The lowest BCUT2D eigenvalue weighted by atomic mass is 10.2. The van der Waals surface area contributed by atoms with E-state index in [9.17, 15) is 4.79 Å². The fraction of sp³-hybridized carbons (Fsp3) is 0.312. The number of carbonyl (C=O) groups is 1. The number of anilines is 2. The van der Waals surface area contributed by atoms with Crippen molar-refractivity contribution < 1.29 is 19.0 Å². The molecule has 24 heavy (non-hydrogen) atoms. The Morgan fingerprint density at radius 3 is 2.88 bits per heavy atom. The first-order valence-corrected chi connectivity index (χ1v) is 7.52. The number of fused-ring (bicyclic) bond motifs is 1. The van der Waals surface area contributed by atoms with Crippen LogP contribution in [-0.2, 0) is 4.74 Å². The fourth-order valence-electron chi connectivity index (χ4n) is 2.18. The summed E-state index contributed by atoms with van der Waals surface area (Å²) in [5.74, 6) is 1.52. The van der Waals surface area contributed by atoms with E-state index in [1.807, 2.05) is 0 Å². The van der Waals surface area contributed by atoms with Gasteiger partial charge in [0.1, 0.15) is 31.1 Å². The molecule has 126 valence electrons. The van der Waals surface area contributed by atoms with Crippen LogP contribution in [0.5, 0.6) is 11.5 Å². The van der Waals surface area contributed by atoms with Gasteiger partial charge >= 0.3 is 0 Å². The third kappa shape index (κ3) is 3.90. The van der Waals surface area contributed by atoms with Crippen LogP contribution in [0, 0.1) is 0 Å². The van der Waals surface area contributed by atoms with E-state index in [1.54, 1.807) is 31.4 Å². The van der Waals surface area contributed by atoms with Crippen molar-refractivity contribution in [2.24, 2.45) is 0 Å². The molecule has 1 aromatic heterocycles. The Morgan fingerprint density at radius 1 is 1.21 bits per heavy atom. The number of amides is 1. The van der Waals surface area contributed by atoms with Crippen molar-refractivity contribution in [3.05, 3.63) is 36.3 Å². The first kappa shape index (κ1) is 16.0. The smallest absolute Gasteiger partial charge is 0.274 e. The molecule has 8 heteroatoms. The second kappa shape index (κ2) is 7.60. The average Bonchev–Trinajstić information content (AvgIpc) is 2.62. The van der Waals surface area contributed by atoms with Crippen LogP contribution >= 0.6 is 0 Å². The number of aromatic nitrogens is 2. The van der Waals surface area contributed by atoms with Crippen LogP contribution in [0.3, 0.4) is 0 Å². The summed E-state index contributed by atoms with van der Waals surface area (Å²) in [6.45, 7) is 2.16. The molecular weight excluding hydrogens is 312 g/mol. The van der Waals surface area contributed by atoms with E-state index in [-0.39, 0.29) is 11.6 Å². The van der Waals surface area contributed by atoms with Crippen LogP contribution in [0.1, 0.15) is 10.5 Å². The van der Waals surface area contributed by atoms with Gasteiger partial charge in [-0.25, -0.2) is 9.97 Å². The van der Waals surface area contributed by atoms with Gasteiger partial charge in [-0.1, -0.05) is 0 Å². The lowest BCUT2D eigenvalue weighted by molar-refractivity contribution is 0.102. The molecule has 2 heterocycles. The summed E-state index contributed by atoms with van der Waals surface area (Å²) in [4.78, 5) is 20.4. The van der Waals surface area contributed by atoms with Crippen molar-refractivity contribution in [1.29, 1.82) is 0 Å². The Morgan fingerprint density at radius 2 is 2.04 bits per heavy atom. The van der Waals surface area contributed by atoms with Crippen LogP contribution in [0.4, 0.5) is 11.5 Å². The zero-order valence-corrected chi connectivity index (χ0v) is 13.2. The SMILES string of the molecule is COCCNc1cc(C(=O)Nc2ccc3c(c2)OCCO3)ncn1. The van der Waals surface area contributed by atoms with Crippen molar-refractivity contribution >= 4 is 17.4 Å². The molecule has 0 spiro atoms. The number of nitrogens with zero attached hydrogens (tertiary/aromatic N) is 2. The predicted molar refractivity (Wildman–Crippen MR) is 87.8 cm³/mol. The number of nitrogens with one attached hydrogen (secondary N) is 2. The minimum absolute atomic E-state index is 0.264. The molecule has 2 N–H and O–H groups in total. The maximum atomic E-state index is 12.3. The molecule has 0 radical (unpaired) electrons. The monoisotopic (exact) mass is 330 g/mol. The second-order valence-corrected chi connectivity index (χ2v) is 5.02. The molecule has 0 saturated carbocycles. The van der Waals surface area contributed by atoms with E-state index in [0.29, 0.717) is 49.4 Å². The van der Waals surface area contributed by atoms with E-state index in [4.69, 9.17) is 14.2 Å². The molecular formula is C16H18N4O4. The zero-order valence-electron chi connectivity index (χ0n) is 13.2. The number of rotatable bonds is 6. The highest BCUT2D eigenvalue weighted by atomic mass is 16.6. The highest BCUT2D eigenvalue weighted by Gasteiger charge is 2.14. The molecule has 0 atom stereocenters. The topological polar surface area (TPSA) is 94.6 Å². The van der Waals surface area contributed by atoms with E-state index in [0.717, 1.165) is 0 Å². The average molecular weight is 330 g/mol. The molecule has 1 aromatic carbocycles. The Kier molecular flexibility index (Phi) is 5.07. The quantitative estimate of drug-likeness (QED) is 0.776. The summed E-state index contributed by atoms with van der Waals surface area (Å²) in [5, 5.41) is 5.84. The summed E-state index contributed by atoms with van der Waals surface area (Å²) in [7, 11) is 1.62. The van der Waals surface area contributed by atoms with Gasteiger partial charge in [0.25, 0.3) is 5.91 Å². The molecule has 1 aliphatic heterocycles. The molecule has 0 unspecified atom stereocenters. The number of hydrogen-bond donors (Lipinski definition) is 2. The Bertz CT molecular complexity index is 723. The minimum atomic E-state index is -0.330. The lowest BCUT2D eigenvalue weighted by Gasteiger charge is -2.19. The maximum Gasteiger partial charge on any atom is 0.274 e. The predicted octanol–water partition coefficient (Wildman–Crippen LogP) is 1.56. The number of hydrogen-bond acceptors (Lipinski definition) is 7. The van der Waals surface area contributed by atoms with Gasteiger partial charge in [-0.3, -0.25) is 4.79 Å². The van der Waals surface area contributed by atoms with Gasteiger partial charge in [0.15, 0.2) is 11.5 Å². The molecule has 0 bridgehead atoms. The van der Waals surface area contributed by atoms with Crippen LogP contribution in [0.15, 0.2) is 30.6 Å². The second-order valence-electron chi connectivity index (χ2n) is 5.02. The van der Waals surface area contributed by atoms with E-state index < -0.39 is 0 Å². The lowest BCUT2D eigenvalue weighted by Crippen LogP contribution is -2.17. The summed E-state index contributed by atoms with van der Waals surface area (Å²) in [6, 6.07) is 6.83. The van der Waals surface area contributed by atoms with Gasteiger partial charge < -0.3 is 24.8 Å². The molecule has 0 saturated heterocycles. The van der Waals surface area contributed by atoms with E-state index >= 15 is 0 Å². The molecule has 0 fully saturated rings. The van der Waals surface area contributed by atoms with Gasteiger partial charge in [-0.2, -0.15) is 0 Å². The number of benzene rings is 1.